The van der Waals surface area contributed by atoms with E-state index in [1.54, 1.807) is 29.1 Å². The predicted octanol–water partition coefficient (Wildman–Crippen LogP) is 5.75. The zero-order valence-electron chi connectivity index (χ0n) is 22.8. The number of ether oxygens (including phenoxy) is 1. The maximum Gasteiger partial charge on any atom is 0.410 e. The normalized spacial score (nSPS) is 16.0. The van der Waals surface area contributed by atoms with Crippen molar-refractivity contribution in [1.82, 2.24) is 19.4 Å². The molecule has 0 N–H and O–H groups in total. The summed E-state index contributed by atoms with van der Waals surface area (Å²) in [5.74, 6) is -0.415. The van der Waals surface area contributed by atoms with Crippen molar-refractivity contribution in [2.75, 3.05) is 20.1 Å². The van der Waals surface area contributed by atoms with Crippen molar-refractivity contribution in [3.05, 3.63) is 59.3 Å². The van der Waals surface area contributed by atoms with Crippen LogP contribution in [-0.2, 0) is 11.2 Å². The van der Waals surface area contributed by atoms with Gasteiger partial charge in [0.15, 0.2) is 0 Å². The smallest absolute Gasteiger partial charge is 0.410 e. The first-order valence-electron chi connectivity index (χ1n) is 12.8. The van der Waals surface area contributed by atoms with E-state index in [0.29, 0.717) is 24.3 Å². The lowest BCUT2D eigenvalue weighted by Crippen LogP contribution is -2.35. The summed E-state index contributed by atoms with van der Waals surface area (Å²) < 4.78 is 21.8. The van der Waals surface area contributed by atoms with Crippen LogP contribution in [0.2, 0.25) is 0 Å². The minimum Gasteiger partial charge on any atom is -0.444 e. The lowest BCUT2D eigenvalue weighted by molar-refractivity contribution is 0.0288. The molecular formula is C29H37FN4O3. The summed E-state index contributed by atoms with van der Waals surface area (Å²) in [5.41, 5.74) is 3.40. The second kappa shape index (κ2) is 10.1. The van der Waals surface area contributed by atoms with E-state index in [0.717, 1.165) is 34.9 Å². The topological polar surface area (TPSA) is 67.7 Å². The third-order valence-corrected chi connectivity index (χ3v) is 6.97. The number of amides is 2. The van der Waals surface area contributed by atoms with Gasteiger partial charge in [0.05, 0.1) is 23.0 Å². The number of benzene rings is 1. The molecule has 0 spiro atoms. The van der Waals surface area contributed by atoms with Crippen LogP contribution in [0.4, 0.5) is 9.18 Å². The van der Waals surface area contributed by atoms with Crippen molar-refractivity contribution in [2.24, 2.45) is 5.92 Å². The number of rotatable bonds is 5. The van der Waals surface area contributed by atoms with Gasteiger partial charge in [-0.15, -0.1) is 0 Å². The predicted molar refractivity (Wildman–Crippen MR) is 143 cm³/mol. The lowest BCUT2D eigenvalue weighted by atomic mass is 9.97. The van der Waals surface area contributed by atoms with Crippen LogP contribution in [-0.4, -0.2) is 63.1 Å². The molecule has 2 aromatic heterocycles. The molecule has 1 atom stereocenters. The molecule has 0 unspecified atom stereocenters. The Morgan fingerprint density at radius 1 is 1.24 bits per heavy atom. The van der Waals surface area contributed by atoms with Gasteiger partial charge in [-0.25, -0.2) is 9.18 Å². The van der Waals surface area contributed by atoms with Gasteiger partial charge in [-0.3, -0.25) is 9.78 Å². The van der Waals surface area contributed by atoms with Gasteiger partial charge >= 0.3 is 6.09 Å². The Hall–Kier alpha value is -3.42. The van der Waals surface area contributed by atoms with Crippen LogP contribution in [0.15, 0.2) is 36.8 Å². The molecular weight excluding hydrogens is 471 g/mol. The summed E-state index contributed by atoms with van der Waals surface area (Å²) in [6.07, 6.45) is 7.04. The zero-order chi connectivity index (χ0) is 27.1. The maximum absolute atomic E-state index is 14.3. The number of aryl methyl sites for hydroxylation is 1. The zero-order valence-corrected chi connectivity index (χ0v) is 22.8. The number of aromatic nitrogens is 2. The van der Waals surface area contributed by atoms with Gasteiger partial charge in [0, 0.05) is 44.0 Å². The number of carbonyl (C=O) groups excluding carboxylic acids is 2. The number of nitrogens with zero attached hydrogens (tertiary/aromatic N) is 4. The first-order chi connectivity index (χ1) is 17.4. The molecule has 0 aliphatic carbocycles. The number of carbonyl (C=O) groups is 2. The Labute approximate surface area is 218 Å². The number of pyridine rings is 1. The van der Waals surface area contributed by atoms with Crippen molar-refractivity contribution >= 4 is 22.9 Å². The van der Waals surface area contributed by atoms with Crippen LogP contribution in [0, 0.1) is 18.7 Å². The molecule has 7 nitrogen and oxygen atoms in total. The Balaban J connectivity index is 1.70. The maximum atomic E-state index is 14.3. The highest BCUT2D eigenvalue weighted by Gasteiger charge is 2.31. The quantitative estimate of drug-likeness (QED) is 0.440. The SMILES string of the molecule is Cc1cncc2c1c(C[C@@H]1CCN(C(=O)OC(C)(C)C)C1)cn2-c1ccc(F)cc1C(=O)N(C)C(C)C. The van der Waals surface area contributed by atoms with Gasteiger partial charge in [-0.05, 0) is 89.6 Å². The Kier molecular flexibility index (Phi) is 7.31. The summed E-state index contributed by atoms with van der Waals surface area (Å²) in [5, 5.41) is 1.07. The molecule has 198 valence electrons. The largest absolute Gasteiger partial charge is 0.444 e. The number of fused-ring (bicyclic) bond motifs is 1. The standard InChI is InChI=1S/C29H37FN4O3/c1-18(2)32(7)27(35)23-13-22(30)8-9-24(23)34-17-21(26-19(3)14-31-15-25(26)34)12-20-10-11-33(16-20)28(36)37-29(4,5)6/h8-9,13-15,17-18,20H,10-12,16H2,1-7H3/t20-/m0/s1. The van der Waals surface area contributed by atoms with E-state index < -0.39 is 11.4 Å². The van der Waals surface area contributed by atoms with Gasteiger partial charge in [0.1, 0.15) is 11.4 Å². The molecule has 1 fully saturated rings. The summed E-state index contributed by atoms with van der Waals surface area (Å²) in [4.78, 5) is 33.7. The first kappa shape index (κ1) is 26.6. The van der Waals surface area contributed by atoms with Crippen LogP contribution >= 0.6 is 0 Å². The summed E-state index contributed by atoms with van der Waals surface area (Å²) in [6, 6.07) is 4.31. The Morgan fingerprint density at radius 2 is 1.97 bits per heavy atom. The van der Waals surface area contributed by atoms with Crippen LogP contribution in [0.1, 0.15) is 62.5 Å². The summed E-state index contributed by atoms with van der Waals surface area (Å²) >= 11 is 0. The van der Waals surface area contributed by atoms with Crippen LogP contribution in [0.25, 0.3) is 16.6 Å². The number of likely N-dealkylation sites (tertiary alicyclic amines) is 1. The Bertz CT molecular complexity index is 1320. The van der Waals surface area contributed by atoms with Gasteiger partial charge in [0.25, 0.3) is 5.91 Å². The molecule has 37 heavy (non-hydrogen) atoms. The highest BCUT2D eigenvalue weighted by molar-refractivity contribution is 5.99. The molecule has 0 saturated carbocycles. The fourth-order valence-corrected chi connectivity index (χ4v) is 4.91. The minimum atomic E-state index is -0.527. The van der Waals surface area contributed by atoms with Gasteiger partial charge in [0.2, 0.25) is 0 Å². The second-order valence-electron chi connectivity index (χ2n) is 11.3. The van der Waals surface area contributed by atoms with Gasteiger partial charge in [-0.2, -0.15) is 0 Å². The van der Waals surface area contributed by atoms with Crippen molar-refractivity contribution in [2.45, 2.75) is 66.0 Å². The molecule has 2 amide bonds. The molecule has 1 aliphatic rings. The van der Waals surface area contributed by atoms with Crippen LogP contribution in [0.5, 0.6) is 0 Å². The van der Waals surface area contributed by atoms with Gasteiger partial charge in [-0.1, -0.05) is 0 Å². The Morgan fingerprint density at radius 3 is 2.65 bits per heavy atom. The average molecular weight is 509 g/mol. The fourth-order valence-electron chi connectivity index (χ4n) is 4.91. The third-order valence-electron chi connectivity index (χ3n) is 6.97. The van der Waals surface area contributed by atoms with E-state index in [1.807, 2.05) is 58.5 Å². The molecule has 3 aromatic rings. The monoisotopic (exact) mass is 508 g/mol. The molecule has 1 aliphatic heterocycles. The highest BCUT2D eigenvalue weighted by Crippen LogP contribution is 2.33. The van der Waals surface area contributed by atoms with E-state index in [1.165, 1.54) is 12.1 Å². The number of halogens is 1. The molecule has 4 rings (SSSR count). The second-order valence-corrected chi connectivity index (χ2v) is 11.3. The highest BCUT2D eigenvalue weighted by atomic mass is 19.1. The van der Waals surface area contributed by atoms with Crippen molar-refractivity contribution in [3.63, 3.8) is 0 Å². The van der Waals surface area contributed by atoms with Crippen molar-refractivity contribution < 1.29 is 18.7 Å². The molecule has 8 heteroatoms. The van der Waals surface area contributed by atoms with E-state index in [-0.39, 0.29) is 24.0 Å². The fraction of sp³-hybridized carbons (Fsp3) is 0.483. The lowest BCUT2D eigenvalue weighted by Gasteiger charge is -2.24. The van der Waals surface area contributed by atoms with E-state index >= 15 is 0 Å². The summed E-state index contributed by atoms with van der Waals surface area (Å²) in [7, 11) is 1.73. The molecule has 1 saturated heterocycles. The number of hydrogen-bond acceptors (Lipinski definition) is 4. The third kappa shape index (κ3) is 5.63. The minimum absolute atomic E-state index is 0.0280. The van der Waals surface area contributed by atoms with Crippen molar-refractivity contribution in [3.8, 4) is 5.69 Å². The number of hydrogen-bond donors (Lipinski definition) is 0. The summed E-state index contributed by atoms with van der Waals surface area (Å²) in [6.45, 7) is 12.8. The van der Waals surface area contributed by atoms with Crippen LogP contribution < -0.4 is 0 Å². The molecule has 3 heterocycles. The average Bonchev–Trinajstić information content (AvgIpc) is 3.43. The molecule has 1 aromatic carbocycles. The van der Waals surface area contributed by atoms with E-state index in [9.17, 15) is 14.0 Å². The van der Waals surface area contributed by atoms with Crippen molar-refractivity contribution in [1.29, 1.82) is 0 Å². The molecule has 0 radical (unpaired) electrons. The van der Waals surface area contributed by atoms with Crippen LogP contribution in [0.3, 0.4) is 0 Å². The van der Waals surface area contributed by atoms with E-state index in [4.69, 9.17) is 4.74 Å². The first-order valence-corrected chi connectivity index (χ1v) is 12.8. The van der Waals surface area contributed by atoms with E-state index in [2.05, 4.69) is 4.98 Å². The molecule has 0 bridgehead atoms. The van der Waals surface area contributed by atoms with Gasteiger partial charge < -0.3 is 19.1 Å².